The molecule has 0 unspecified atom stereocenters. The molecule has 1 aromatic rings. The van der Waals surface area contributed by atoms with Crippen molar-refractivity contribution in [3.05, 3.63) is 34.9 Å². The highest BCUT2D eigenvalue weighted by Gasteiger charge is 2.05. The molecule has 3 nitrogen and oxygen atoms in total. The van der Waals surface area contributed by atoms with Crippen molar-refractivity contribution in [1.82, 2.24) is 0 Å². The molecule has 0 spiro atoms. The van der Waals surface area contributed by atoms with Crippen LogP contribution in [0.4, 0.5) is 0 Å². The minimum atomic E-state index is -1.02. The summed E-state index contributed by atoms with van der Waals surface area (Å²) in [7, 11) is 0. The minimum Gasteiger partial charge on any atom is -0.479 e. The first-order valence-corrected chi connectivity index (χ1v) is 5.25. The molecule has 17 heavy (non-hydrogen) atoms. The van der Waals surface area contributed by atoms with Crippen LogP contribution in [0.3, 0.4) is 0 Å². The maximum atomic E-state index is 10.4. The molecular formula is C13H11ClO3. The van der Waals surface area contributed by atoms with E-state index >= 15 is 0 Å². The van der Waals surface area contributed by atoms with Gasteiger partial charge in [-0.25, -0.2) is 4.79 Å². The Morgan fingerprint density at radius 1 is 1.59 bits per heavy atom. The topological polar surface area (TPSA) is 46.5 Å². The van der Waals surface area contributed by atoms with Gasteiger partial charge in [-0.15, -0.1) is 5.92 Å². The third-order valence-corrected chi connectivity index (χ3v) is 2.17. The Hall–Kier alpha value is -1.92. The van der Waals surface area contributed by atoms with Crippen LogP contribution < -0.4 is 4.74 Å². The van der Waals surface area contributed by atoms with Crippen molar-refractivity contribution in [2.75, 3.05) is 6.61 Å². The predicted molar refractivity (Wildman–Crippen MR) is 67.1 cm³/mol. The lowest BCUT2D eigenvalue weighted by molar-refractivity contribution is -0.131. The summed E-state index contributed by atoms with van der Waals surface area (Å²) in [5, 5.41) is 8.99. The van der Waals surface area contributed by atoms with Crippen LogP contribution in [0.15, 0.2) is 24.3 Å². The fraction of sp³-hybridized carbons (Fsp3) is 0.154. The summed E-state index contributed by atoms with van der Waals surface area (Å²) >= 11 is 5.97. The van der Waals surface area contributed by atoms with Gasteiger partial charge in [-0.1, -0.05) is 29.7 Å². The van der Waals surface area contributed by atoms with Gasteiger partial charge in [0.25, 0.3) is 0 Å². The summed E-state index contributed by atoms with van der Waals surface area (Å²) < 4.78 is 5.39. The van der Waals surface area contributed by atoms with Gasteiger partial charge in [0.1, 0.15) is 12.4 Å². The number of benzene rings is 1. The van der Waals surface area contributed by atoms with Crippen LogP contribution >= 0.6 is 11.6 Å². The predicted octanol–water partition coefficient (Wildman–Crippen LogP) is 2.84. The van der Waals surface area contributed by atoms with Crippen LogP contribution in [0.25, 0.3) is 6.08 Å². The zero-order chi connectivity index (χ0) is 12.7. The summed E-state index contributed by atoms with van der Waals surface area (Å²) in [6, 6.07) is 5.12. The highest BCUT2D eigenvalue weighted by atomic mass is 35.5. The Labute approximate surface area is 105 Å². The van der Waals surface area contributed by atoms with Gasteiger partial charge < -0.3 is 9.84 Å². The van der Waals surface area contributed by atoms with Crippen LogP contribution in [0.5, 0.6) is 5.75 Å². The summed E-state index contributed by atoms with van der Waals surface area (Å²) in [5.41, 5.74) is 0.609. The molecule has 0 saturated carbocycles. The molecule has 4 heteroatoms. The Morgan fingerprint density at radius 3 is 3.00 bits per heavy atom. The van der Waals surface area contributed by atoms with E-state index in [-0.39, 0.29) is 6.61 Å². The first-order valence-electron chi connectivity index (χ1n) is 4.87. The van der Waals surface area contributed by atoms with Crippen molar-refractivity contribution < 1.29 is 14.6 Å². The number of ether oxygens (including phenoxy) is 1. The Morgan fingerprint density at radius 2 is 2.35 bits per heavy atom. The van der Waals surface area contributed by atoms with E-state index in [9.17, 15) is 4.79 Å². The standard InChI is InChI=1S/C13H11ClO3/c1-2-3-9-17-13-10(7-8-12(15)16)5-4-6-11(13)14/h4-8H,9H2,1H3,(H,15,16)/b8-7+. The average molecular weight is 251 g/mol. The number of halogens is 1. The Kier molecular flexibility index (Phi) is 5.12. The summed E-state index contributed by atoms with van der Waals surface area (Å²) in [6.45, 7) is 1.93. The highest BCUT2D eigenvalue weighted by Crippen LogP contribution is 2.29. The third-order valence-electron chi connectivity index (χ3n) is 1.87. The number of carboxylic acid groups (broad SMARTS) is 1. The third kappa shape index (κ3) is 4.21. The molecule has 0 radical (unpaired) electrons. The van der Waals surface area contributed by atoms with Crippen LogP contribution in [0.1, 0.15) is 12.5 Å². The number of carbonyl (C=O) groups is 1. The molecule has 0 aliphatic heterocycles. The lowest BCUT2D eigenvalue weighted by atomic mass is 10.2. The van der Waals surface area contributed by atoms with Crippen molar-refractivity contribution in [3.8, 4) is 17.6 Å². The smallest absolute Gasteiger partial charge is 0.328 e. The van der Waals surface area contributed by atoms with Crippen molar-refractivity contribution in [2.45, 2.75) is 6.92 Å². The number of rotatable bonds is 4. The number of hydrogen-bond donors (Lipinski definition) is 1. The van der Waals surface area contributed by atoms with Gasteiger partial charge in [0.05, 0.1) is 5.02 Å². The van der Waals surface area contributed by atoms with E-state index in [1.807, 2.05) is 0 Å². The number of carboxylic acids is 1. The molecule has 0 aromatic heterocycles. The van der Waals surface area contributed by atoms with Crippen LogP contribution in [-0.4, -0.2) is 17.7 Å². The molecule has 0 heterocycles. The molecule has 0 fully saturated rings. The second-order valence-corrected chi connectivity index (χ2v) is 3.45. The fourth-order valence-electron chi connectivity index (χ4n) is 1.15. The molecule has 0 amide bonds. The molecule has 1 rings (SSSR count). The fourth-order valence-corrected chi connectivity index (χ4v) is 1.39. The second kappa shape index (κ2) is 6.62. The van der Waals surface area contributed by atoms with Gasteiger partial charge in [-0.3, -0.25) is 0 Å². The summed E-state index contributed by atoms with van der Waals surface area (Å²) in [4.78, 5) is 10.4. The minimum absolute atomic E-state index is 0.216. The molecule has 88 valence electrons. The molecule has 1 N–H and O–H groups in total. The zero-order valence-corrected chi connectivity index (χ0v) is 9.99. The van der Waals surface area contributed by atoms with E-state index in [1.54, 1.807) is 25.1 Å². The molecular weight excluding hydrogens is 240 g/mol. The number of hydrogen-bond acceptors (Lipinski definition) is 2. The van der Waals surface area contributed by atoms with E-state index in [4.69, 9.17) is 21.4 Å². The van der Waals surface area contributed by atoms with E-state index in [0.717, 1.165) is 6.08 Å². The maximum absolute atomic E-state index is 10.4. The van der Waals surface area contributed by atoms with E-state index in [0.29, 0.717) is 16.3 Å². The van der Waals surface area contributed by atoms with Crippen molar-refractivity contribution in [3.63, 3.8) is 0 Å². The Bertz CT molecular complexity index is 495. The molecule has 0 atom stereocenters. The van der Waals surface area contributed by atoms with E-state index < -0.39 is 5.97 Å². The first kappa shape index (κ1) is 13.1. The van der Waals surface area contributed by atoms with E-state index in [1.165, 1.54) is 6.08 Å². The van der Waals surface area contributed by atoms with Crippen LogP contribution in [0, 0.1) is 11.8 Å². The average Bonchev–Trinajstić information content (AvgIpc) is 2.29. The van der Waals surface area contributed by atoms with Gasteiger partial charge in [0.15, 0.2) is 0 Å². The summed E-state index contributed by atoms with van der Waals surface area (Å²) in [5.74, 6) is 4.86. The normalized spacial score (nSPS) is 9.76. The SMILES string of the molecule is CC#CCOc1c(Cl)cccc1/C=C/C(=O)O. The Balaban J connectivity index is 2.98. The molecule has 0 aliphatic rings. The van der Waals surface area contributed by atoms with Gasteiger partial charge in [0.2, 0.25) is 0 Å². The first-order chi connectivity index (χ1) is 8.15. The second-order valence-electron chi connectivity index (χ2n) is 3.05. The lowest BCUT2D eigenvalue weighted by Gasteiger charge is -2.08. The summed E-state index contributed by atoms with van der Waals surface area (Å²) in [6.07, 6.45) is 2.47. The molecule has 0 aliphatic carbocycles. The van der Waals surface area contributed by atoms with Crippen LogP contribution in [-0.2, 0) is 4.79 Å². The lowest BCUT2D eigenvalue weighted by Crippen LogP contribution is -1.97. The van der Waals surface area contributed by atoms with Gasteiger partial charge >= 0.3 is 5.97 Å². The molecule has 0 saturated heterocycles. The number of para-hydroxylation sites is 1. The molecule has 1 aromatic carbocycles. The van der Waals surface area contributed by atoms with Gasteiger partial charge in [-0.05, 0) is 19.1 Å². The van der Waals surface area contributed by atoms with Crippen molar-refractivity contribution in [2.24, 2.45) is 0 Å². The van der Waals surface area contributed by atoms with Crippen LogP contribution in [0.2, 0.25) is 5.02 Å². The zero-order valence-electron chi connectivity index (χ0n) is 9.24. The van der Waals surface area contributed by atoms with Gasteiger partial charge in [-0.2, -0.15) is 0 Å². The number of aliphatic carboxylic acids is 1. The largest absolute Gasteiger partial charge is 0.479 e. The molecule has 0 bridgehead atoms. The van der Waals surface area contributed by atoms with Crippen molar-refractivity contribution in [1.29, 1.82) is 0 Å². The van der Waals surface area contributed by atoms with Crippen molar-refractivity contribution >= 4 is 23.6 Å². The van der Waals surface area contributed by atoms with E-state index in [2.05, 4.69) is 11.8 Å². The monoisotopic (exact) mass is 250 g/mol. The highest BCUT2D eigenvalue weighted by molar-refractivity contribution is 6.32. The van der Waals surface area contributed by atoms with Gasteiger partial charge in [0, 0.05) is 11.6 Å². The maximum Gasteiger partial charge on any atom is 0.328 e. The quantitative estimate of drug-likeness (QED) is 0.660.